The van der Waals surface area contributed by atoms with Gasteiger partial charge >= 0.3 is 0 Å². The largest absolute Gasteiger partial charge is 0.354 e. The summed E-state index contributed by atoms with van der Waals surface area (Å²) < 4.78 is 2.52. The van der Waals surface area contributed by atoms with Crippen LogP contribution in [0.2, 0.25) is 5.02 Å². The maximum atomic E-state index is 11.9. The van der Waals surface area contributed by atoms with Crippen LogP contribution in [-0.2, 0) is 4.79 Å². The van der Waals surface area contributed by atoms with Crippen molar-refractivity contribution < 1.29 is 4.79 Å². The summed E-state index contributed by atoms with van der Waals surface area (Å²) in [6.07, 6.45) is 4.03. The van der Waals surface area contributed by atoms with Crippen LogP contribution in [0.25, 0.3) is 0 Å². The van der Waals surface area contributed by atoms with E-state index in [-0.39, 0.29) is 11.9 Å². The van der Waals surface area contributed by atoms with Crippen molar-refractivity contribution in [2.75, 3.05) is 12.3 Å². The number of nitrogens with zero attached hydrogens (tertiary/aromatic N) is 4. The minimum atomic E-state index is -0.365. The van der Waals surface area contributed by atoms with Crippen LogP contribution < -0.4 is 5.32 Å². The van der Waals surface area contributed by atoms with E-state index >= 15 is 0 Å². The summed E-state index contributed by atoms with van der Waals surface area (Å²) in [7, 11) is 0. The summed E-state index contributed by atoms with van der Waals surface area (Å²) in [5, 5.41) is 16.4. The van der Waals surface area contributed by atoms with Crippen LogP contribution >= 0.6 is 34.7 Å². The Kier molecular flexibility index (Phi) is 6.01. The van der Waals surface area contributed by atoms with Crippen LogP contribution in [0.5, 0.6) is 0 Å². The molecule has 21 heavy (non-hydrogen) atoms. The number of thioether (sulfide) groups is 1. The zero-order valence-electron chi connectivity index (χ0n) is 11.7. The molecular weight excluding hydrogens is 330 g/mol. The van der Waals surface area contributed by atoms with Crippen molar-refractivity contribution >= 4 is 40.6 Å². The highest BCUT2D eigenvalue weighted by Gasteiger charge is 2.15. The summed E-state index contributed by atoms with van der Waals surface area (Å²) in [6, 6.07) is -0.365. The predicted molar refractivity (Wildman–Crippen MR) is 84.9 cm³/mol. The number of aryl methyl sites for hydroxylation is 1. The Balaban J connectivity index is 1.65. The minimum Gasteiger partial charge on any atom is -0.354 e. The minimum absolute atomic E-state index is 0.0634. The number of aromatic nitrogens is 4. The highest BCUT2D eigenvalue weighted by Crippen LogP contribution is 2.22. The number of rotatable bonds is 7. The van der Waals surface area contributed by atoms with Crippen molar-refractivity contribution in [3.8, 4) is 0 Å². The van der Waals surface area contributed by atoms with Gasteiger partial charge in [-0.1, -0.05) is 34.7 Å². The molecule has 0 aliphatic rings. The van der Waals surface area contributed by atoms with E-state index < -0.39 is 0 Å². The van der Waals surface area contributed by atoms with Crippen LogP contribution in [0.3, 0.4) is 0 Å². The fourth-order valence-electron chi connectivity index (χ4n) is 1.57. The van der Waals surface area contributed by atoms with Gasteiger partial charge in [0, 0.05) is 18.5 Å². The molecule has 114 valence electrons. The monoisotopic (exact) mass is 345 g/mol. The number of nitrogens with one attached hydrogen (secondary N) is 1. The Morgan fingerprint density at radius 2 is 2.38 bits per heavy atom. The first-order valence-electron chi connectivity index (χ1n) is 6.46. The van der Waals surface area contributed by atoms with Gasteiger partial charge in [0.2, 0.25) is 5.91 Å². The summed E-state index contributed by atoms with van der Waals surface area (Å²) in [4.78, 5) is 11.9. The van der Waals surface area contributed by atoms with E-state index in [0.29, 0.717) is 11.6 Å². The van der Waals surface area contributed by atoms with E-state index in [0.717, 1.165) is 21.5 Å². The number of carbonyl (C=O) groups is 1. The van der Waals surface area contributed by atoms with Gasteiger partial charge in [0.1, 0.15) is 11.0 Å². The lowest BCUT2D eigenvalue weighted by atomic mass is 10.3. The van der Waals surface area contributed by atoms with E-state index in [9.17, 15) is 4.79 Å². The molecule has 2 aromatic heterocycles. The number of halogens is 1. The van der Waals surface area contributed by atoms with Crippen molar-refractivity contribution in [2.24, 2.45) is 0 Å². The summed E-state index contributed by atoms with van der Waals surface area (Å²) in [5.41, 5.74) is 0. The van der Waals surface area contributed by atoms with Gasteiger partial charge in [0.05, 0.1) is 11.2 Å². The molecule has 0 unspecified atom stereocenters. The third kappa shape index (κ3) is 4.98. The Bertz CT molecular complexity index is 600. The lowest BCUT2D eigenvalue weighted by molar-refractivity contribution is -0.124. The van der Waals surface area contributed by atoms with E-state index in [1.807, 2.05) is 6.92 Å². The first-order valence-corrected chi connectivity index (χ1v) is 8.64. The smallest absolute Gasteiger partial charge is 0.244 e. The molecule has 0 spiro atoms. The molecule has 0 aliphatic carbocycles. The molecular formula is C12H16ClN5OS2. The topological polar surface area (TPSA) is 72.7 Å². The number of hydrogen-bond acceptors (Lipinski definition) is 6. The Morgan fingerprint density at radius 3 is 3.00 bits per heavy atom. The Hall–Kier alpha value is -1.12. The van der Waals surface area contributed by atoms with Crippen molar-refractivity contribution in [1.82, 2.24) is 25.3 Å². The quantitative estimate of drug-likeness (QED) is 0.616. The fourth-order valence-corrected chi connectivity index (χ4v) is 3.54. The van der Waals surface area contributed by atoms with Crippen LogP contribution in [0, 0.1) is 6.92 Å². The van der Waals surface area contributed by atoms with Gasteiger partial charge in [-0.15, -0.1) is 10.2 Å². The van der Waals surface area contributed by atoms with E-state index in [2.05, 4.69) is 20.6 Å². The maximum Gasteiger partial charge on any atom is 0.244 e. The maximum absolute atomic E-state index is 11.9. The van der Waals surface area contributed by atoms with Crippen LogP contribution in [0.4, 0.5) is 0 Å². The molecule has 2 heterocycles. The number of hydrogen-bond donors (Lipinski definition) is 1. The molecule has 6 nitrogen and oxygen atoms in total. The van der Waals surface area contributed by atoms with Crippen LogP contribution in [0.1, 0.15) is 24.4 Å². The summed E-state index contributed by atoms with van der Waals surface area (Å²) in [6.45, 7) is 4.35. The van der Waals surface area contributed by atoms with Gasteiger partial charge in [0.15, 0.2) is 4.34 Å². The second-order valence-electron chi connectivity index (χ2n) is 4.39. The van der Waals surface area contributed by atoms with Gasteiger partial charge in [0.25, 0.3) is 0 Å². The van der Waals surface area contributed by atoms with Gasteiger partial charge in [-0.25, -0.2) is 0 Å². The summed E-state index contributed by atoms with van der Waals surface area (Å²) >= 11 is 9.03. The lowest BCUT2D eigenvalue weighted by Gasteiger charge is -2.12. The van der Waals surface area contributed by atoms with Crippen molar-refractivity contribution in [3.63, 3.8) is 0 Å². The zero-order chi connectivity index (χ0) is 15.2. The lowest BCUT2D eigenvalue weighted by Crippen LogP contribution is -2.32. The molecule has 0 aliphatic heterocycles. The second-order valence-corrected chi connectivity index (χ2v) is 7.35. The highest BCUT2D eigenvalue weighted by atomic mass is 35.5. The molecule has 0 fully saturated rings. The number of amides is 1. The third-order valence-electron chi connectivity index (χ3n) is 2.70. The van der Waals surface area contributed by atoms with Gasteiger partial charge in [-0.3, -0.25) is 9.48 Å². The SMILES string of the molecule is Cc1nnc(SCCCNC(=O)[C@H](C)n2cc(Cl)cn2)s1. The second kappa shape index (κ2) is 7.77. The highest BCUT2D eigenvalue weighted by molar-refractivity contribution is 8.01. The first-order chi connectivity index (χ1) is 10.1. The Morgan fingerprint density at radius 1 is 1.57 bits per heavy atom. The van der Waals surface area contributed by atoms with E-state index in [4.69, 9.17) is 11.6 Å². The van der Waals surface area contributed by atoms with E-state index in [1.54, 1.807) is 40.9 Å². The number of carbonyl (C=O) groups excluding carboxylic acids is 1. The van der Waals surface area contributed by atoms with Crippen molar-refractivity contribution in [3.05, 3.63) is 22.4 Å². The molecule has 0 bridgehead atoms. The Labute approximate surface area is 136 Å². The third-order valence-corrected chi connectivity index (χ3v) is 4.95. The van der Waals surface area contributed by atoms with Crippen LogP contribution in [-0.4, -0.2) is 38.2 Å². The average Bonchev–Trinajstić information content (AvgIpc) is 3.06. The molecule has 1 N–H and O–H groups in total. The predicted octanol–water partition coefficient (Wildman–Crippen LogP) is 2.56. The molecule has 1 amide bonds. The molecule has 0 saturated heterocycles. The van der Waals surface area contributed by atoms with Gasteiger partial charge in [-0.2, -0.15) is 5.10 Å². The molecule has 0 saturated carbocycles. The van der Waals surface area contributed by atoms with Crippen LogP contribution in [0.15, 0.2) is 16.7 Å². The zero-order valence-corrected chi connectivity index (χ0v) is 14.1. The fraction of sp³-hybridized carbons (Fsp3) is 0.500. The van der Waals surface area contributed by atoms with Gasteiger partial charge < -0.3 is 5.32 Å². The molecule has 0 radical (unpaired) electrons. The molecule has 1 atom stereocenters. The normalized spacial score (nSPS) is 12.3. The first kappa shape index (κ1) is 16.3. The van der Waals surface area contributed by atoms with Crippen molar-refractivity contribution in [2.45, 2.75) is 30.6 Å². The molecule has 2 aromatic rings. The van der Waals surface area contributed by atoms with Gasteiger partial charge in [-0.05, 0) is 20.3 Å². The van der Waals surface area contributed by atoms with E-state index in [1.165, 1.54) is 6.20 Å². The van der Waals surface area contributed by atoms with Crippen molar-refractivity contribution in [1.29, 1.82) is 0 Å². The molecule has 0 aromatic carbocycles. The standard InChI is InChI=1S/C12H16ClN5OS2/c1-8(18-7-10(13)6-15-18)11(19)14-4-3-5-20-12-17-16-9(2)21-12/h6-8H,3-5H2,1-2H3,(H,14,19)/t8-/m0/s1. The summed E-state index contributed by atoms with van der Waals surface area (Å²) in [5.74, 6) is 0.836. The molecule has 2 rings (SSSR count). The average molecular weight is 346 g/mol. The molecule has 9 heteroatoms.